The van der Waals surface area contributed by atoms with E-state index in [0.29, 0.717) is 17.8 Å². The Bertz CT molecular complexity index is 443. The van der Waals surface area contributed by atoms with E-state index in [1.54, 1.807) is 0 Å². The summed E-state index contributed by atoms with van der Waals surface area (Å²) in [5.74, 6) is 3.24. The van der Waals surface area contributed by atoms with Crippen molar-refractivity contribution in [3.63, 3.8) is 0 Å². The van der Waals surface area contributed by atoms with Crippen LogP contribution in [-0.2, 0) is 0 Å². The van der Waals surface area contributed by atoms with Crippen molar-refractivity contribution >= 4 is 5.82 Å². The van der Waals surface area contributed by atoms with Gasteiger partial charge in [0, 0.05) is 36.8 Å². The number of aromatic nitrogens is 2. The van der Waals surface area contributed by atoms with Crippen LogP contribution >= 0.6 is 0 Å². The van der Waals surface area contributed by atoms with Gasteiger partial charge in [-0.2, -0.15) is 5.10 Å². The molecule has 20 heavy (non-hydrogen) atoms. The number of rotatable bonds is 2. The minimum absolute atomic E-state index is 0.643. The average Bonchev–Trinajstić information content (AvgIpc) is 2.69. The summed E-state index contributed by atoms with van der Waals surface area (Å²) >= 11 is 0. The molecular weight excluding hydrogens is 248 g/mol. The van der Waals surface area contributed by atoms with Crippen LogP contribution in [0.3, 0.4) is 0 Å². The van der Waals surface area contributed by atoms with Crippen LogP contribution in [0.15, 0.2) is 0 Å². The summed E-state index contributed by atoms with van der Waals surface area (Å²) in [6.07, 6.45) is 3.81. The molecule has 4 nitrogen and oxygen atoms in total. The van der Waals surface area contributed by atoms with Gasteiger partial charge in [-0.25, -0.2) is 0 Å². The third-order valence-electron chi connectivity index (χ3n) is 5.03. The van der Waals surface area contributed by atoms with Gasteiger partial charge in [0.2, 0.25) is 0 Å². The molecule has 0 spiro atoms. The fraction of sp³-hybridized carbons (Fsp3) is 0.812. The zero-order valence-electron chi connectivity index (χ0n) is 13.1. The number of H-pyrrole nitrogens is 1. The fourth-order valence-corrected chi connectivity index (χ4v) is 3.81. The predicted octanol–water partition coefficient (Wildman–Crippen LogP) is 2.85. The molecule has 2 atom stereocenters. The Balaban J connectivity index is 1.93. The molecule has 1 saturated heterocycles. The van der Waals surface area contributed by atoms with E-state index >= 15 is 0 Å². The Hall–Kier alpha value is -1.03. The van der Waals surface area contributed by atoms with Crippen LogP contribution in [0.5, 0.6) is 0 Å². The maximum Gasteiger partial charge on any atom is 0.154 e. The molecule has 4 heteroatoms. The Morgan fingerprint density at radius 1 is 1.20 bits per heavy atom. The zero-order chi connectivity index (χ0) is 14.1. The Morgan fingerprint density at radius 2 is 2.05 bits per heavy atom. The highest BCUT2D eigenvalue weighted by molar-refractivity contribution is 5.53. The van der Waals surface area contributed by atoms with Gasteiger partial charge in [0.25, 0.3) is 0 Å². The van der Waals surface area contributed by atoms with Crippen molar-refractivity contribution in [1.82, 2.24) is 15.5 Å². The second-order valence-electron chi connectivity index (χ2n) is 6.79. The van der Waals surface area contributed by atoms with Crippen LogP contribution in [-0.4, -0.2) is 36.4 Å². The first-order chi connectivity index (χ1) is 9.68. The summed E-state index contributed by atoms with van der Waals surface area (Å²) in [6.45, 7) is 11.4. The van der Waals surface area contributed by atoms with Crippen LogP contribution in [0.4, 0.5) is 5.82 Å². The zero-order valence-corrected chi connectivity index (χ0v) is 13.1. The highest BCUT2D eigenvalue weighted by atomic mass is 15.3. The lowest BCUT2D eigenvalue weighted by Crippen LogP contribution is -2.29. The molecule has 112 valence electrons. The molecule has 0 amide bonds. The minimum atomic E-state index is 0.643. The van der Waals surface area contributed by atoms with E-state index in [-0.39, 0.29) is 0 Å². The summed E-state index contributed by atoms with van der Waals surface area (Å²) in [6, 6.07) is 0. The maximum atomic E-state index is 4.72. The maximum absolute atomic E-state index is 4.72. The van der Waals surface area contributed by atoms with Crippen molar-refractivity contribution in [2.75, 3.05) is 31.1 Å². The topological polar surface area (TPSA) is 44.0 Å². The summed E-state index contributed by atoms with van der Waals surface area (Å²) < 4.78 is 0. The van der Waals surface area contributed by atoms with Gasteiger partial charge >= 0.3 is 0 Å². The number of nitrogens with zero attached hydrogens (tertiary/aromatic N) is 2. The van der Waals surface area contributed by atoms with E-state index in [0.717, 1.165) is 26.2 Å². The van der Waals surface area contributed by atoms with Crippen LogP contribution in [0, 0.1) is 5.92 Å². The van der Waals surface area contributed by atoms with Crippen molar-refractivity contribution in [3.05, 3.63) is 11.3 Å². The van der Waals surface area contributed by atoms with Crippen LogP contribution in [0.25, 0.3) is 0 Å². The molecule has 2 aliphatic rings. The van der Waals surface area contributed by atoms with Gasteiger partial charge in [-0.05, 0) is 37.6 Å². The largest absolute Gasteiger partial charge is 0.354 e. The summed E-state index contributed by atoms with van der Waals surface area (Å²) in [4.78, 5) is 2.48. The van der Waals surface area contributed by atoms with Gasteiger partial charge in [0.05, 0.1) is 0 Å². The van der Waals surface area contributed by atoms with Gasteiger partial charge in [-0.3, -0.25) is 5.10 Å². The van der Waals surface area contributed by atoms with E-state index in [9.17, 15) is 0 Å². The third-order valence-corrected chi connectivity index (χ3v) is 5.03. The van der Waals surface area contributed by atoms with Gasteiger partial charge in [0.15, 0.2) is 5.82 Å². The van der Waals surface area contributed by atoms with E-state index in [2.05, 4.69) is 36.1 Å². The lowest BCUT2D eigenvalue weighted by atomic mass is 9.76. The molecule has 0 bridgehead atoms. The second-order valence-corrected chi connectivity index (χ2v) is 6.79. The molecule has 1 aliphatic carbocycles. The van der Waals surface area contributed by atoms with Crippen LogP contribution < -0.4 is 10.2 Å². The monoisotopic (exact) mass is 276 g/mol. The van der Waals surface area contributed by atoms with Crippen molar-refractivity contribution in [1.29, 1.82) is 0 Å². The lowest BCUT2D eigenvalue weighted by molar-refractivity contribution is 0.403. The predicted molar refractivity (Wildman–Crippen MR) is 83.5 cm³/mol. The number of anilines is 1. The molecule has 1 aliphatic heterocycles. The molecule has 2 unspecified atom stereocenters. The van der Waals surface area contributed by atoms with Crippen molar-refractivity contribution in [2.45, 2.75) is 51.9 Å². The van der Waals surface area contributed by atoms with E-state index in [1.807, 2.05) is 0 Å². The molecule has 0 aromatic carbocycles. The van der Waals surface area contributed by atoms with E-state index < -0.39 is 0 Å². The normalized spacial score (nSPS) is 27.5. The molecular formula is C16H28N4. The molecule has 1 fully saturated rings. The fourth-order valence-electron chi connectivity index (χ4n) is 3.81. The third kappa shape index (κ3) is 2.46. The van der Waals surface area contributed by atoms with Crippen molar-refractivity contribution in [2.24, 2.45) is 5.92 Å². The Labute approximate surface area is 122 Å². The number of fused-ring (bicyclic) bond motifs is 1. The standard InChI is InChI=1S/C16H28N4/c1-11(2)13-6-5-12(3)14-15(13)18-19-16(14)20-9-4-7-17-8-10-20/h11-13,17H,4-10H2,1-3H3,(H,18,19). The molecule has 0 radical (unpaired) electrons. The minimum Gasteiger partial charge on any atom is -0.354 e. The summed E-state index contributed by atoms with van der Waals surface area (Å²) in [5.41, 5.74) is 2.93. The Kier molecular flexibility index (Phi) is 4.01. The molecule has 1 aromatic rings. The summed E-state index contributed by atoms with van der Waals surface area (Å²) in [5, 5.41) is 11.6. The highest BCUT2D eigenvalue weighted by Crippen LogP contribution is 2.44. The molecule has 3 rings (SSSR count). The number of hydrogen-bond acceptors (Lipinski definition) is 3. The van der Waals surface area contributed by atoms with Crippen LogP contribution in [0.1, 0.15) is 63.1 Å². The van der Waals surface area contributed by atoms with Gasteiger partial charge in [-0.15, -0.1) is 0 Å². The molecule has 2 N–H and O–H groups in total. The number of hydrogen-bond donors (Lipinski definition) is 2. The molecule has 1 aromatic heterocycles. The first-order valence-electron chi connectivity index (χ1n) is 8.22. The quantitative estimate of drug-likeness (QED) is 0.873. The lowest BCUT2D eigenvalue weighted by Gasteiger charge is -2.31. The van der Waals surface area contributed by atoms with Gasteiger partial charge in [0.1, 0.15) is 0 Å². The van der Waals surface area contributed by atoms with E-state index in [4.69, 9.17) is 5.10 Å². The molecule has 2 heterocycles. The van der Waals surface area contributed by atoms with Gasteiger partial charge < -0.3 is 10.2 Å². The first-order valence-corrected chi connectivity index (χ1v) is 8.22. The molecule has 0 saturated carbocycles. The average molecular weight is 276 g/mol. The number of aromatic amines is 1. The smallest absolute Gasteiger partial charge is 0.154 e. The van der Waals surface area contributed by atoms with Crippen LogP contribution in [0.2, 0.25) is 0 Å². The van der Waals surface area contributed by atoms with E-state index in [1.165, 1.54) is 36.3 Å². The number of nitrogens with one attached hydrogen (secondary N) is 2. The first kappa shape index (κ1) is 13.9. The van der Waals surface area contributed by atoms with Crippen molar-refractivity contribution < 1.29 is 0 Å². The SMILES string of the molecule is CC1CCC(C(C)C)c2[nH]nc(N3CCCNCC3)c21. The second kappa shape index (κ2) is 5.76. The van der Waals surface area contributed by atoms with Gasteiger partial charge in [-0.1, -0.05) is 20.8 Å². The highest BCUT2D eigenvalue weighted by Gasteiger charge is 2.33. The summed E-state index contributed by atoms with van der Waals surface area (Å²) in [7, 11) is 0. The van der Waals surface area contributed by atoms with Crippen molar-refractivity contribution in [3.8, 4) is 0 Å². The Morgan fingerprint density at radius 3 is 2.85 bits per heavy atom.